The number of aromatic amines is 1. The summed E-state index contributed by atoms with van der Waals surface area (Å²) in [5, 5.41) is 1.19. The van der Waals surface area contributed by atoms with Gasteiger partial charge in [0.05, 0.1) is 6.54 Å². The van der Waals surface area contributed by atoms with E-state index in [1.807, 2.05) is 37.3 Å². The number of para-hydroxylation sites is 1. The van der Waals surface area contributed by atoms with Crippen LogP contribution >= 0.6 is 0 Å². The minimum Gasteiger partial charge on any atom is -0.378 e. The van der Waals surface area contributed by atoms with Crippen molar-refractivity contribution in [1.29, 1.82) is 0 Å². The van der Waals surface area contributed by atoms with Crippen LogP contribution in [0.25, 0.3) is 10.9 Å². The molecule has 0 bridgehead atoms. The number of hydrogen-bond donors (Lipinski definition) is 1. The van der Waals surface area contributed by atoms with Gasteiger partial charge in [0.15, 0.2) is 0 Å². The van der Waals surface area contributed by atoms with Crippen LogP contribution in [0.5, 0.6) is 0 Å². The van der Waals surface area contributed by atoms with Gasteiger partial charge in [0, 0.05) is 62.4 Å². The van der Waals surface area contributed by atoms with Crippen molar-refractivity contribution in [2.75, 3.05) is 38.6 Å². The summed E-state index contributed by atoms with van der Waals surface area (Å²) in [6, 6.07) is 16.6. The molecule has 0 spiro atoms. The van der Waals surface area contributed by atoms with Crippen molar-refractivity contribution in [2.45, 2.75) is 39.7 Å². The first-order valence-corrected chi connectivity index (χ1v) is 12.7. The first kappa shape index (κ1) is 24.8. The number of H-pyrrole nitrogens is 1. The molecule has 1 aliphatic carbocycles. The van der Waals surface area contributed by atoms with E-state index in [1.54, 1.807) is 4.90 Å². The first-order valence-electron chi connectivity index (χ1n) is 12.7. The van der Waals surface area contributed by atoms with Crippen molar-refractivity contribution in [3.8, 4) is 0 Å². The van der Waals surface area contributed by atoms with E-state index in [4.69, 9.17) is 0 Å². The number of carbonyl (C=O) groups is 2. The first-order chi connectivity index (χ1) is 16.8. The molecule has 1 heterocycles. The molecule has 0 radical (unpaired) electrons. The molecule has 35 heavy (non-hydrogen) atoms. The van der Waals surface area contributed by atoms with Gasteiger partial charge in [-0.2, -0.15) is 0 Å². The molecule has 2 aromatic carbocycles. The Morgan fingerprint density at radius 1 is 1.00 bits per heavy atom. The Morgan fingerprint density at radius 3 is 2.37 bits per heavy atom. The molecular formula is C29H38N4O2. The number of rotatable bonds is 11. The molecule has 3 aromatic rings. The number of hydrogen-bond acceptors (Lipinski definition) is 3. The second kappa shape index (κ2) is 11.0. The highest BCUT2D eigenvalue weighted by molar-refractivity contribution is 5.87. The molecule has 0 aliphatic heterocycles. The van der Waals surface area contributed by atoms with Gasteiger partial charge in [0.25, 0.3) is 0 Å². The van der Waals surface area contributed by atoms with Crippen LogP contribution in [0.1, 0.15) is 37.8 Å². The van der Waals surface area contributed by atoms with Crippen molar-refractivity contribution in [3.05, 3.63) is 65.9 Å². The van der Waals surface area contributed by atoms with Crippen molar-refractivity contribution in [2.24, 2.45) is 11.8 Å². The van der Waals surface area contributed by atoms with E-state index in [2.05, 4.69) is 60.1 Å². The van der Waals surface area contributed by atoms with Crippen LogP contribution in [0.4, 0.5) is 5.69 Å². The topological polar surface area (TPSA) is 59.7 Å². The molecule has 1 aromatic heterocycles. The third-order valence-corrected chi connectivity index (χ3v) is 6.65. The lowest BCUT2D eigenvalue weighted by Crippen LogP contribution is -2.45. The lowest BCUT2D eigenvalue weighted by Gasteiger charge is -2.29. The van der Waals surface area contributed by atoms with E-state index >= 15 is 0 Å². The zero-order valence-electron chi connectivity index (χ0n) is 21.5. The highest BCUT2D eigenvalue weighted by atomic mass is 16.2. The van der Waals surface area contributed by atoms with E-state index in [1.165, 1.54) is 10.9 Å². The fraction of sp³-hybridized carbons (Fsp3) is 0.448. The summed E-state index contributed by atoms with van der Waals surface area (Å²) in [5.41, 5.74) is 4.53. The summed E-state index contributed by atoms with van der Waals surface area (Å²) in [7, 11) is 4.04. The highest BCUT2D eigenvalue weighted by Gasteiger charge is 2.34. The molecular weight excluding hydrogens is 436 g/mol. The number of nitrogens with zero attached hydrogens (tertiary/aromatic N) is 3. The fourth-order valence-electron chi connectivity index (χ4n) is 4.53. The largest absolute Gasteiger partial charge is 0.378 e. The second-order valence-electron chi connectivity index (χ2n) is 10.4. The van der Waals surface area contributed by atoms with E-state index < -0.39 is 0 Å². The SMILES string of the molecule is CC(C)CN(CC(=O)N(CCc1c[nH]c2ccccc12)Cc1ccc(N(C)C)cc1)C(=O)C1CC1. The monoisotopic (exact) mass is 474 g/mol. The Morgan fingerprint density at radius 2 is 1.71 bits per heavy atom. The maximum atomic E-state index is 13.6. The molecule has 1 saturated carbocycles. The molecule has 6 heteroatoms. The number of benzene rings is 2. The van der Waals surface area contributed by atoms with Crippen LogP contribution in [0, 0.1) is 11.8 Å². The van der Waals surface area contributed by atoms with Crippen LogP contribution in [-0.2, 0) is 22.6 Å². The smallest absolute Gasteiger partial charge is 0.242 e. The molecule has 1 fully saturated rings. The standard InChI is InChI=1S/C29H38N4O2/c1-21(2)18-33(29(35)23-11-12-23)20-28(34)32(19-22-9-13-25(14-10-22)31(3)4)16-15-24-17-30-27-8-6-5-7-26(24)27/h5-10,13-14,17,21,23,30H,11-12,15-16,18-20H2,1-4H3. The van der Waals surface area contributed by atoms with E-state index in [9.17, 15) is 9.59 Å². The van der Waals surface area contributed by atoms with Gasteiger partial charge in [-0.25, -0.2) is 0 Å². The lowest BCUT2D eigenvalue weighted by atomic mass is 10.1. The van der Waals surface area contributed by atoms with Crippen LogP contribution in [0.15, 0.2) is 54.7 Å². The summed E-state index contributed by atoms with van der Waals surface area (Å²) >= 11 is 0. The summed E-state index contributed by atoms with van der Waals surface area (Å²) < 4.78 is 0. The Kier molecular flexibility index (Phi) is 7.79. The maximum absolute atomic E-state index is 13.6. The highest BCUT2D eigenvalue weighted by Crippen LogP contribution is 2.31. The third kappa shape index (κ3) is 6.44. The molecule has 186 valence electrons. The number of aromatic nitrogens is 1. The van der Waals surface area contributed by atoms with Crippen molar-refractivity contribution >= 4 is 28.4 Å². The molecule has 0 unspecified atom stereocenters. The van der Waals surface area contributed by atoms with Gasteiger partial charge >= 0.3 is 0 Å². The molecule has 2 amide bonds. The van der Waals surface area contributed by atoms with E-state index in [-0.39, 0.29) is 24.3 Å². The number of carbonyl (C=O) groups excluding carboxylic acids is 2. The van der Waals surface area contributed by atoms with Gasteiger partial charge in [0.2, 0.25) is 11.8 Å². The van der Waals surface area contributed by atoms with E-state index in [0.717, 1.165) is 36.0 Å². The van der Waals surface area contributed by atoms with Gasteiger partial charge in [-0.15, -0.1) is 0 Å². The van der Waals surface area contributed by atoms with Gasteiger partial charge < -0.3 is 19.7 Å². The minimum atomic E-state index is 0.0103. The Balaban J connectivity index is 1.51. The number of fused-ring (bicyclic) bond motifs is 1. The quantitative estimate of drug-likeness (QED) is 0.438. The normalized spacial score (nSPS) is 13.3. The summed E-state index contributed by atoms with van der Waals surface area (Å²) in [6.45, 7) is 6.09. The predicted molar refractivity (Wildman–Crippen MR) is 142 cm³/mol. The molecule has 6 nitrogen and oxygen atoms in total. The Labute approximate surface area is 208 Å². The van der Waals surface area contributed by atoms with Crippen molar-refractivity contribution in [1.82, 2.24) is 14.8 Å². The van der Waals surface area contributed by atoms with Crippen LogP contribution in [0.2, 0.25) is 0 Å². The fourth-order valence-corrected chi connectivity index (χ4v) is 4.53. The van der Waals surface area contributed by atoms with Gasteiger partial charge in [0.1, 0.15) is 0 Å². The number of anilines is 1. The average Bonchev–Trinajstić information content (AvgIpc) is 3.61. The zero-order chi connectivity index (χ0) is 24.9. The van der Waals surface area contributed by atoms with Crippen molar-refractivity contribution < 1.29 is 9.59 Å². The van der Waals surface area contributed by atoms with Crippen LogP contribution in [-0.4, -0.2) is 60.3 Å². The Bertz CT molecular complexity index is 1140. The van der Waals surface area contributed by atoms with Crippen molar-refractivity contribution in [3.63, 3.8) is 0 Å². The number of amides is 2. The van der Waals surface area contributed by atoms with Crippen LogP contribution in [0.3, 0.4) is 0 Å². The summed E-state index contributed by atoms with van der Waals surface area (Å²) in [6.07, 6.45) is 4.70. The van der Waals surface area contributed by atoms with Crippen LogP contribution < -0.4 is 4.90 Å². The molecule has 4 rings (SSSR count). The van der Waals surface area contributed by atoms with Gasteiger partial charge in [-0.1, -0.05) is 44.2 Å². The summed E-state index contributed by atoms with van der Waals surface area (Å²) in [4.78, 5) is 35.6. The minimum absolute atomic E-state index is 0.0103. The maximum Gasteiger partial charge on any atom is 0.242 e. The Hall–Kier alpha value is -3.28. The lowest BCUT2D eigenvalue weighted by molar-refractivity contribution is -0.142. The molecule has 1 N–H and O–H groups in total. The van der Waals surface area contributed by atoms with Gasteiger partial charge in [-0.3, -0.25) is 9.59 Å². The zero-order valence-corrected chi connectivity index (χ0v) is 21.5. The van der Waals surface area contributed by atoms with E-state index in [0.29, 0.717) is 25.6 Å². The molecule has 0 atom stereocenters. The van der Waals surface area contributed by atoms with Gasteiger partial charge in [-0.05, 0) is 54.5 Å². The predicted octanol–water partition coefficient (Wildman–Crippen LogP) is 4.70. The second-order valence-corrected chi connectivity index (χ2v) is 10.4. The third-order valence-electron chi connectivity index (χ3n) is 6.65. The average molecular weight is 475 g/mol. The number of nitrogens with one attached hydrogen (secondary N) is 1. The summed E-state index contributed by atoms with van der Waals surface area (Å²) in [5.74, 6) is 0.582. The molecule has 1 aliphatic rings. The molecule has 0 saturated heterocycles.